The maximum Gasteiger partial charge on any atom is 0.123 e. The lowest BCUT2D eigenvalue weighted by Gasteiger charge is -2.35. The van der Waals surface area contributed by atoms with E-state index in [0.717, 1.165) is 56.3 Å². The van der Waals surface area contributed by atoms with Crippen molar-refractivity contribution in [1.29, 1.82) is 0 Å². The number of fused-ring (bicyclic) bond motifs is 5. The lowest BCUT2D eigenvalue weighted by molar-refractivity contribution is 0.627. The topological polar surface area (TPSA) is 11.4 Å². The summed E-state index contributed by atoms with van der Waals surface area (Å²) in [6.45, 7) is 4.67. The first kappa shape index (κ1) is 37.3. The Balaban J connectivity index is 1.23. The SMILES string of the molecule is CC1(C)c2ccccc2-n2c3ccc(-c4ccccc4)cc3c3cc(-c4cc(N(c5ccccc5)c5ccc(F)cc5)cc(N(c5ccccc5)c5ccc(F)cc5)c4)cc1c32. The molecule has 1 aromatic heterocycles. The van der Waals surface area contributed by atoms with E-state index in [2.05, 4.69) is 156 Å². The van der Waals surface area contributed by atoms with E-state index in [9.17, 15) is 8.78 Å². The third-order valence-electron chi connectivity index (χ3n) is 12.4. The van der Waals surface area contributed by atoms with Gasteiger partial charge in [-0.15, -0.1) is 0 Å². The molecule has 3 nitrogen and oxygen atoms in total. The molecule has 0 aliphatic carbocycles. The molecule has 5 heteroatoms. The predicted octanol–water partition coefficient (Wildman–Crippen LogP) is 16.0. The summed E-state index contributed by atoms with van der Waals surface area (Å²) in [6.07, 6.45) is 0. The lowest BCUT2D eigenvalue weighted by atomic mass is 9.74. The van der Waals surface area contributed by atoms with Crippen LogP contribution in [0.5, 0.6) is 0 Å². The first-order valence-corrected chi connectivity index (χ1v) is 21.0. The summed E-state index contributed by atoms with van der Waals surface area (Å²) < 4.78 is 31.6. The molecule has 0 bridgehead atoms. The fraction of sp³-hybridized carbons (Fsp3) is 0.0526. The maximum atomic E-state index is 14.6. The molecular formula is C57H41F2N3. The molecule has 10 aromatic rings. The molecule has 1 aliphatic rings. The first-order valence-electron chi connectivity index (χ1n) is 21.0. The smallest absolute Gasteiger partial charge is 0.123 e. The van der Waals surface area contributed by atoms with Gasteiger partial charge in [0.15, 0.2) is 0 Å². The Bertz CT molecular complexity index is 3160. The molecule has 0 saturated heterocycles. The number of benzene rings is 9. The van der Waals surface area contributed by atoms with Gasteiger partial charge in [0, 0.05) is 50.3 Å². The van der Waals surface area contributed by atoms with E-state index < -0.39 is 0 Å². The van der Waals surface area contributed by atoms with Crippen LogP contribution in [0.2, 0.25) is 0 Å². The van der Waals surface area contributed by atoms with Crippen LogP contribution in [0.15, 0.2) is 212 Å². The molecule has 1 aliphatic heterocycles. The van der Waals surface area contributed by atoms with Gasteiger partial charge in [0.25, 0.3) is 0 Å². The van der Waals surface area contributed by atoms with Crippen molar-refractivity contribution in [2.24, 2.45) is 0 Å². The number of halogens is 2. The van der Waals surface area contributed by atoms with E-state index in [1.165, 1.54) is 62.9 Å². The average molecular weight is 806 g/mol. The zero-order valence-corrected chi connectivity index (χ0v) is 34.3. The summed E-state index contributed by atoms with van der Waals surface area (Å²) in [7, 11) is 0. The van der Waals surface area contributed by atoms with Gasteiger partial charge in [-0.25, -0.2) is 8.78 Å². The molecule has 11 rings (SSSR count). The van der Waals surface area contributed by atoms with Crippen LogP contribution < -0.4 is 9.80 Å². The minimum atomic E-state index is -0.327. The van der Waals surface area contributed by atoms with Crippen LogP contribution in [0, 0.1) is 11.6 Å². The van der Waals surface area contributed by atoms with Crippen LogP contribution in [0.1, 0.15) is 25.0 Å². The number of anilines is 6. The number of hydrogen-bond acceptors (Lipinski definition) is 2. The number of rotatable bonds is 8. The van der Waals surface area contributed by atoms with Crippen LogP contribution in [0.3, 0.4) is 0 Å². The molecule has 0 saturated carbocycles. The zero-order chi connectivity index (χ0) is 42.0. The van der Waals surface area contributed by atoms with E-state index in [4.69, 9.17) is 0 Å². The van der Waals surface area contributed by atoms with Gasteiger partial charge in [-0.2, -0.15) is 0 Å². The second-order valence-corrected chi connectivity index (χ2v) is 16.5. The Morgan fingerprint density at radius 3 is 1.44 bits per heavy atom. The highest BCUT2D eigenvalue weighted by molar-refractivity contribution is 6.14. The predicted molar refractivity (Wildman–Crippen MR) is 253 cm³/mol. The molecule has 298 valence electrons. The van der Waals surface area contributed by atoms with Crippen molar-refractivity contribution in [2.45, 2.75) is 19.3 Å². The molecular weight excluding hydrogens is 765 g/mol. The third kappa shape index (κ3) is 6.24. The maximum absolute atomic E-state index is 14.6. The van der Waals surface area contributed by atoms with Crippen LogP contribution in [0.25, 0.3) is 49.7 Å². The highest BCUT2D eigenvalue weighted by atomic mass is 19.1. The van der Waals surface area contributed by atoms with Gasteiger partial charge >= 0.3 is 0 Å². The van der Waals surface area contributed by atoms with Crippen LogP contribution in [-0.2, 0) is 5.41 Å². The number of hydrogen-bond donors (Lipinski definition) is 0. The Hall–Kier alpha value is -7.76. The second kappa shape index (κ2) is 14.8. The molecule has 0 N–H and O–H groups in total. The van der Waals surface area contributed by atoms with E-state index in [-0.39, 0.29) is 17.0 Å². The number of aromatic nitrogens is 1. The van der Waals surface area contributed by atoms with Crippen molar-refractivity contribution in [3.63, 3.8) is 0 Å². The Morgan fingerprint density at radius 1 is 0.371 bits per heavy atom. The fourth-order valence-corrected chi connectivity index (χ4v) is 9.44. The average Bonchev–Trinajstić information content (AvgIpc) is 3.64. The van der Waals surface area contributed by atoms with Crippen LogP contribution in [-0.4, -0.2) is 4.57 Å². The highest BCUT2D eigenvalue weighted by Crippen LogP contribution is 2.51. The van der Waals surface area contributed by atoms with Gasteiger partial charge in [-0.1, -0.05) is 105 Å². The number of nitrogens with zero attached hydrogens (tertiary/aromatic N) is 3. The Kier molecular flexibility index (Phi) is 8.86. The fourth-order valence-electron chi connectivity index (χ4n) is 9.44. The normalized spacial score (nSPS) is 12.6. The summed E-state index contributed by atoms with van der Waals surface area (Å²) in [5.74, 6) is -0.604. The summed E-state index contributed by atoms with van der Waals surface area (Å²) in [5, 5.41) is 2.36. The van der Waals surface area contributed by atoms with E-state index in [0.29, 0.717) is 0 Å². The lowest BCUT2D eigenvalue weighted by Crippen LogP contribution is -2.26. The monoisotopic (exact) mass is 805 g/mol. The van der Waals surface area contributed by atoms with Gasteiger partial charge in [-0.05, 0) is 155 Å². The third-order valence-corrected chi connectivity index (χ3v) is 12.4. The quantitative estimate of drug-likeness (QED) is 0.152. The van der Waals surface area contributed by atoms with Crippen molar-refractivity contribution in [3.05, 3.63) is 235 Å². The van der Waals surface area contributed by atoms with Gasteiger partial charge in [-0.3, -0.25) is 0 Å². The molecule has 0 spiro atoms. The minimum absolute atomic E-state index is 0.302. The molecule has 0 radical (unpaired) electrons. The van der Waals surface area contributed by atoms with E-state index >= 15 is 0 Å². The second-order valence-electron chi connectivity index (χ2n) is 16.5. The summed E-state index contributed by atoms with van der Waals surface area (Å²) in [4.78, 5) is 4.34. The van der Waals surface area contributed by atoms with Crippen molar-refractivity contribution < 1.29 is 8.78 Å². The van der Waals surface area contributed by atoms with Crippen LogP contribution in [0.4, 0.5) is 42.9 Å². The van der Waals surface area contributed by atoms with Crippen molar-refractivity contribution in [2.75, 3.05) is 9.80 Å². The number of para-hydroxylation sites is 3. The molecule has 0 fully saturated rings. The first-order chi connectivity index (χ1) is 30.3. The largest absolute Gasteiger partial charge is 0.310 e. The Labute approximate surface area is 360 Å². The van der Waals surface area contributed by atoms with Crippen molar-refractivity contribution in [3.8, 4) is 27.9 Å². The van der Waals surface area contributed by atoms with E-state index in [1.807, 2.05) is 60.7 Å². The van der Waals surface area contributed by atoms with Crippen molar-refractivity contribution >= 4 is 55.9 Å². The summed E-state index contributed by atoms with van der Waals surface area (Å²) in [5.41, 5.74) is 15.4. The van der Waals surface area contributed by atoms with Gasteiger partial charge in [0.2, 0.25) is 0 Å². The molecule has 62 heavy (non-hydrogen) atoms. The molecule has 0 atom stereocenters. The van der Waals surface area contributed by atoms with Gasteiger partial charge in [0.1, 0.15) is 11.6 Å². The molecule has 0 amide bonds. The highest BCUT2D eigenvalue weighted by Gasteiger charge is 2.36. The molecule has 9 aromatic carbocycles. The summed E-state index contributed by atoms with van der Waals surface area (Å²) in [6, 6.07) is 71.2. The zero-order valence-electron chi connectivity index (χ0n) is 34.3. The van der Waals surface area contributed by atoms with E-state index in [1.54, 1.807) is 0 Å². The Morgan fingerprint density at radius 2 is 0.855 bits per heavy atom. The molecule has 2 heterocycles. The van der Waals surface area contributed by atoms with Gasteiger partial charge in [0.05, 0.1) is 16.7 Å². The minimum Gasteiger partial charge on any atom is -0.310 e. The standard InChI is InChI=1S/C57H41F2N3/c1-57(2)52-20-12-13-21-55(52)62-54-31-22-39(38-14-6-3-7-15-38)34-50(54)51-35-41(36-53(57)56(51)62)40-32-48(60(44-16-8-4-9-17-44)46-27-23-42(58)24-28-46)37-49(33-40)61(45-18-10-5-11-19-45)47-29-25-43(59)26-30-47/h3-37H,1-2H3. The van der Waals surface area contributed by atoms with Gasteiger partial charge < -0.3 is 14.4 Å². The summed E-state index contributed by atoms with van der Waals surface area (Å²) >= 11 is 0. The molecule has 0 unspecified atom stereocenters. The van der Waals surface area contributed by atoms with Crippen molar-refractivity contribution in [1.82, 2.24) is 4.57 Å². The van der Waals surface area contributed by atoms with Crippen LogP contribution >= 0.6 is 0 Å².